The van der Waals surface area contributed by atoms with E-state index in [1.54, 1.807) is 6.20 Å². The molecule has 2 saturated heterocycles. The molecule has 7 nitrogen and oxygen atoms in total. The third-order valence-corrected chi connectivity index (χ3v) is 5.81. The Kier molecular flexibility index (Phi) is 5.92. The first kappa shape index (κ1) is 19.0. The van der Waals surface area contributed by atoms with Crippen molar-refractivity contribution in [2.24, 2.45) is 11.7 Å². The van der Waals surface area contributed by atoms with Gasteiger partial charge in [0.05, 0.1) is 12.6 Å². The van der Waals surface area contributed by atoms with E-state index in [9.17, 15) is 4.79 Å². The van der Waals surface area contributed by atoms with Crippen LogP contribution in [0.3, 0.4) is 0 Å². The number of urea groups is 1. The van der Waals surface area contributed by atoms with Crippen LogP contribution in [0.4, 0.5) is 10.5 Å². The zero-order valence-electron chi connectivity index (χ0n) is 16.2. The van der Waals surface area contributed by atoms with Crippen molar-refractivity contribution in [2.75, 3.05) is 25.0 Å². The number of carbonyl (C=O) groups is 1. The molecule has 0 aliphatic carbocycles. The van der Waals surface area contributed by atoms with E-state index < -0.39 is 0 Å². The number of hydrogen-bond donors (Lipinski definition) is 2. The highest BCUT2D eigenvalue weighted by molar-refractivity contribution is 5.89. The molecule has 0 spiro atoms. The van der Waals surface area contributed by atoms with Gasteiger partial charge in [-0.15, -0.1) is 0 Å². The molecule has 7 heteroatoms. The van der Waals surface area contributed by atoms with Crippen LogP contribution in [0, 0.1) is 5.92 Å². The number of rotatable bonds is 4. The molecule has 2 atom stereocenters. The summed E-state index contributed by atoms with van der Waals surface area (Å²) in [6.07, 6.45) is 7.86. The molecule has 0 bridgehead atoms. The molecular weight excluding hydrogens is 354 g/mol. The van der Waals surface area contributed by atoms with E-state index in [-0.39, 0.29) is 18.2 Å². The molecule has 2 amide bonds. The van der Waals surface area contributed by atoms with Crippen molar-refractivity contribution in [3.63, 3.8) is 0 Å². The Morgan fingerprint density at radius 2 is 2.00 bits per heavy atom. The number of nitrogens with zero attached hydrogens (tertiary/aromatic N) is 3. The first-order chi connectivity index (χ1) is 13.7. The van der Waals surface area contributed by atoms with Gasteiger partial charge in [-0.1, -0.05) is 12.1 Å². The lowest BCUT2D eigenvalue weighted by atomic mass is 9.85. The number of aromatic nitrogens is 2. The van der Waals surface area contributed by atoms with Crippen LogP contribution in [0.25, 0.3) is 0 Å². The Labute approximate surface area is 165 Å². The summed E-state index contributed by atoms with van der Waals surface area (Å²) in [6.45, 7) is 3.04. The van der Waals surface area contributed by atoms with E-state index in [1.807, 2.05) is 46.1 Å². The highest BCUT2D eigenvalue weighted by Crippen LogP contribution is 2.28. The summed E-state index contributed by atoms with van der Waals surface area (Å²) in [6, 6.07) is 9.94. The number of benzene rings is 1. The maximum atomic E-state index is 12.6. The molecule has 3 heterocycles. The Morgan fingerprint density at radius 1 is 1.21 bits per heavy atom. The fourth-order valence-electron chi connectivity index (χ4n) is 4.22. The molecule has 0 radical (unpaired) electrons. The van der Waals surface area contributed by atoms with Crippen molar-refractivity contribution in [1.29, 1.82) is 0 Å². The van der Waals surface area contributed by atoms with Gasteiger partial charge in [0.25, 0.3) is 0 Å². The molecule has 1 aromatic heterocycles. The number of likely N-dealkylation sites (tertiary alicyclic amines) is 1. The lowest BCUT2D eigenvalue weighted by Crippen LogP contribution is -2.50. The minimum atomic E-state index is -0.0351. The lowest BCUT2D eigenvalue weighted by molar-refractivity contribution is -0.0468. The van der Waals surface area contributed by atoms with Gasteiger partial charge in [0.2, 0.25) is 0 Å². The first-order valence-corrected chi connectivity index (χ1v) is 10.2. The van der Waals surface area contributed by atoms with Gasteiger partial charge in [0.1, 0.15) is 0 Å². The average molecular weight is 383 g/mol. The smallest absolute Gasteiger partial charge is 0.321 e. The summed E-state index contributed by atoms with van der Waals surface area (Å²) in [5.74, 6) is 0.459. The monoisotopic (exact) mass is 383 g/mol. The largest absolute Gasteiger partial charge is 0.376 e. The van der Waals surface area contributed by atoms with Crippen LogP contribution in [0.1, 0.15) is 31.2 Å². The van der Waals surface area contributed by atoms with Crippen LogP contribution in [0.15, 0.2) is 42.7 Å². The number of piperidine rings is 1. The van der Waals surface area contributed by atoms with Crippen LogP contribution < -0.4 is 11.1 Å². The van der Waals surface area contributed by atoms with Crippen LogP contribution in [-0.2, 0) is 11.3 Å². The number of ether oxygens (including phenoxy) is 1. The standard InChI is InChI=1S/C21H29N5O2/c22-19-3-1-14-28-20(19)17-8-12-25(13-9-17)21(27)24-18-6-4-16(5-7-18)15-26-11-2-10-23-26/h2,4-7,10-11,17,19-20H,1,3,8-9,12-15,22H2,(H,24,27). The Morgan fingerprint density at radius 3 is 2.68 bits per heavy atom. The number of carbonyl (C=O) groups excluding carboxylic acids is 1. The van der Waals surface area contributed by atoms with Crippen molar-refractivity contribution >= 4 is 11.7 Å². The molecule has 2 aliphatic heterocycles. The summed E-state index contributed by atoms with van der Waals surface area (Å²) in [7, 11) is 0. The van der Waals surface area contributed by atoms with Crippen molar-refractivity contribution in [1.82, 2.24) is 14.7 Å². The predicted molar refractivity (Wildman–Crippen MR) is 108 cm³/mol. The zero-order valence-corrected chi connectivity index (χ0v) is 16.2. The van der Waals surface area contributed by atoms with Gasteiger partial charge in [-0.2, -0.15) is 5.10 Å². The van der Waals surface area contributed by atoms with E-state index in [1.165, 1.54) is 0 Å². The second-order valence-corrected chi connectivity index (χ2v) is 7.80. The van der Waals surface area contributed by atoms with Crippen molar-refractivity contribution in [3.05, 3.63) is 48.3 Å². The maximum Gasteiger partial charge on any atom is 0.321 e. The van der Waals surface area contributed by atoms with Gasteiger partial charge in [0.15, 0.2) is 0 Å². The van der Waals surface area contributed by atoms with E-state index in [4.69, 9.17) is 10.5 Å². The average Bonchev–Trinajstić information content (AvgIpc) is 3.23. The van der Waals surface area contributed by atoms with Crippen LogP contribution in [0.2, 0.25) is 0 Å². The Hall–Kier alpha value is -2.38. The molecule has 2 aliphatic rings. The Balaban J connectivity index is 1.26. The molecule has 4 rings (SSSR count). The number of nitrogens with one attached hydrogen (secondary N) is 1. The molecule has 2 fully saturated rings. The van der Waals surface area contributed by atoms with Gasteiger partial charge in [0, 0.05) is 43.8 Å². The summed E-state index contributed by atoms with van der Waals surface area (Å²) in [5, 5.41) is 7.22. The molecule has 1 aromatic carbocycles. The van der Waals surface area contributed by atoms with Gasteiger partial charge in [-0.25, -0.2) is 4.79 Å². The van der Waals surface area contributed by atoms with Crippen LogP contribution >= 0.6 is 0 Å². The highest BCUT2D eigenvalue weighted by atomic mass is 16.5. The van der Waals surface area contributed by atoms with E-state index in [0.717, 1.165) is 63.2 Å². The van der Waals surface area contributed by atoms with Crippen molar-refractivity contribution < 1.29 is 9.53 Å². The van der Waals surface area contributed by atoms with Gasteiger partial charge >= 0.3 is 6.03 Å². The predicted octanol–water partition coefficient (Wildman–Crippen LogP) is 2.68. The summed E-state index contributed by atoms with van der Waals surface area (Å²) < 4.78 is 7.79. The fourth-order valence-corrected chi connectivity index (χ4v) is 4.22. The Bertz CT molecular complexity index is 754. The molecule has 0 saturated carbocycles. The molecule has 3 N–H and O–H groups in total. The van der Waals surface area contributed by atoms with Crippen molar-refractivity contribution in [3.8, 4) is 0 Å². The van der Waals surface area contributed by atoms with Gasteiger partial charge in [-0.05, 0) is 55.4 Å². The summed E-state index contributed by atoms with van der Waals surface area (Å²) >= 11 is 0. The highest BCUT2D eigenvalue weighted by Gasteiger charge is 2.34. The molecule has 2 aromatic rings. The molecular formula is C21H29N5O2. The number of amides is 2. The van der Waals surface area contributed by atoms with Crippen LogP contribution in [0.5, 0.6) is 0 Å². The minimum Gasteiger partial charge on any atom is -0.376 e. The zero-order chi connectivity index (χ0) is 19.3. The molecule has 28 heavy (non-hydrogen) atoms. The summed E-state index contributed by atoms with van der Waals surface area (Å²) in [4.78, 5) is 14.5. The van der Waals surface area contributed by atoms with E-state index in [0.29, 0.717) is 5.92 Å². The van der Waals surface area contributed by atoms with Gasteiger partial charge < -0.3 is 20.7 Å². The normalized spacial score (nSPS) is 23.5. The molecule has 2 unspecified atom stereocenters. The maximum absolute atomic E-state index is 12.6. The minimum absolute atomic E-state index is 0.0351. The number of nitrogens with two attached hydrogens (primary N) is 1. The van der Waals surface area contributed by atoms with E-state index >= 15 is 0 Å². The fraction of sp³-hybridized carbons (Fsp3) is 0.524. The quantitative estimate of drug-likeness (QED) is 0.850. The van der Waals surface area contributed by atoms with Crippen molar-refractivity contribution in [2.45, 2.75) is 44.4 Å². The van der Waals surface area contributed by atoms with Crippen LogP contribution in [-0.4, -0.2) is 52.6 Å². The molecule has 150 valence electrons. The lowest BCUT2D eigenvalue weighted by Gasteiger charge is -2.40. The summed E-state index contributed by atoms with van der Waals surface area (Å²) in [5.41, 5.74) is 8.20. The third kappa shape index (κ3) is 4.54. The first-order valence-electron chi connectivity index (χ1n) is 10.2. The van der Waals surface area contributed by atoms with E-state index in [2.05, 4.69) is 10.4 Å². The third-order valence-electron chi connectivity index (χ3n) is 5.81. The second kappa shape index (κ2) is 8.75. The SMILES string of the molecule is NC1CCCOC1C1CCN(C(=O)Nc2ccc(Cn3cccn3)cc2)CC1. The number of anilines is 1. The number of hydrogen-bond acceptors (Lipinski definition) is 4. The second-order valence-electron chi connectivity index (χ2n) is 7.80. The van der Waals surface area contributed by atoms with Gasteiger partial charge in [-0.3, -0.25) is 4.68 Å². The topological polar surface area (TPSA) is 85.4 Å².